The molecule has 0 saturated carbocycles. The van der Waals surface area contributed by atoms with Gasteiger partial charge in [0.2, 0.25) is 0 Å². The zero-order valence-corrected chi connectivity index (χ0v) is 27.4. The molecule has 11 aromatic rings. The quantitative estimate of drug-likeness (QED) is 0.173. The van der Waals surface area contributed by atoms with Gasteiger partial charge in [0.1, 0.15) is 0 Å². The van der Waals surface area contributed by atoms with E-state index >= 15 is 0 Å². The molecule has 0 aliphatic heterocycles. The summed E-state index contributed by atoms with van der Waals surface area (Å²) >= 11 is 3.77. The molecule has 0 unspecified atom stereocenters. The third kappa shape index (κ3) is 3.61. The van der Waals surface area contributed by atoms with E-state index in [-0.39, 0.29) is 0 Å². The maximum atomic E-state index is 2.53. The predicted molar refractivity (Wildman–Crippen MR) is 210 cm³/mol. The molecule has 4 heteroatoms. The van der Waals surface area contributed by atoms with Crippen molar-refractivity contribution in [2.45, 2.75) is 0 Å². The number of benzene rings is 8. The molecule has 0 radical (unpaired) electrons. The summed E-state index contributed by atoms with van der Waals surface area (Å²) in [4.78, 5) is 2.53. The second kappa shape index (κ2) is 9.91. The van der Waals surface area contributed by atoms with E-state index in [1.807, 2.05) is 22.7 Å². The first-order valence-electron chi connectivity index (χ1n) is 16.3. The SMILES string of the molecule is c1ccc(-n2c3cccc4ccc5cc(N(c6cccc7c6sc6ccccc67)c6cccc7c6sc6ccccc67)cc2c5c43)cc1. The van der Waals surface area contributed by atoms with Crippen LogP contribution in [-0.2, 0) is 0 Å². The number of anilines is 3. The van der Waals surface area contributed by atoms with E-state index in [0.717, 1.165) is 5.69 Å². The lowest BCUT2D eigenvalue weighted by Crippen LogP contribution is -2.10. The fourth-order valence-corrected chi connectivity index (χ4v) is 10.3. The van der Waals surface area contributed by atoms with Crippen LogP contribution in [0.15, 0.2) is 158 Å². The molecule has 0 fully saturated rings. The summed E-state index contributed by atoms with van der Waals surface area (Å²) in [6.07, 6.45) is 0. The number of hydrogen-bond donors (Lipinski definition) is 0. The Morgan fingerprint density at radius 1 is 0.417 bits per heavy atom. The van der Waals surface area contributed by atoms with Crippen molar-refractivity contribution in [3.63, 3.8) is 0 Å². The van der Waals surface area contributed by atoms with Crippen molar-refractivity contribution in [1.82, 2.24) is 4.57 Å². The molecule has 11 rings (SSSR count). The fraction of sp³-hybridized carbons (Fsp3) is 0. The van der Waals surface area contributed by atoms with Crippen molar-refractivity contribution < 1.29 is 0 Å². The lowest BCUT2D eigenvalue weighted by molar-refractivity contribution is 1.18. The molecule has 0 aliphatic carbocycles. The molecule has 0 N–H and O–H groups in total. The van der Waals surface area contributed by atoms with Crippen molar-refractivity contribution in [2.75, 3.05) is 4.90 Å². The van der Waals surface area contributed by atoms with Crippen LogP contribution >= 0.6 is 22.7 Å². The number of fused-ring (bicyclic) bond motifs is 6. The van der Waals surface area contributed by atoms with Gasteiger partial charge >= 0.3 is 0 Å². The second-order valence-electron chi connectivity index (χ2n) is 12.5. The normalized spacial score (nSPS) is 12.2. The van der Waals surface area contributed by atoms with Crippen molar-refractivity contribution in [2.24, 2.45) is 0 Å². The van der Waals surface area contributed by atoms with Crippen LogP contribution in [0.3, 0.4) is 0 Å². The smallest absolute Gasteiger partial charge is 0.0640 e. The van der Waals surface area contributed by atoms with Gasteiger partial charge in [-0.15, -0.1) is 22.7 Å². The number of rotatable bonds is 4. The lowest BCUT2D eigenvalue weighted by Gasteiger charge is -2.27. The van der Waals surface area contributed by atoms with Gasteiger partial charge in [-0.3, -0.25) is 0 Å². The third-order valence-corrected chi connectivity index (χ3v) is 12.3. The minimum atomic E-state index is 1.15. The number of thiophene rings is 2. The molecular weight excluding hydrogens is 621 g/mol. The van der Waals surface area contributed by atoms with Gasteiger partial charge in [0.05, 0.1) is 31.8 Å². The highest BCUT2D eigenvalue weighted by Crippen LogP contribution is 2.50. The summed E-state index contributed by atoms with van der Waals surface area (Å²) in [5, 5.41) is 10.4. The van der Waals surface area contributed by atoms with E-state index in [4.69, 9.17) is 0 Å². The molecule has 8 aromatic carbocycles. The Morgan fingerprint density at radius 3 is 1.67 bits per heavy atom. The van der Waals surface area contributed by atoms with Crippen LogP contribution in [0.4, 0.5) is 17.1 Å². The lowest BCUT2D eigenvalue weighted by atomic mass is 10.0. The van der Waals surface area contributed by atoms with Gasteiger partial charge < -0.3 is 9.47 Å². The Kier molecular flexibility index (Phi) is 5.45. The van der Waals surface area contributed by atoms with Crippen LogP contribution in [0.2, 0.25) is 0 Å². The first kappa shape index (κ1) is 26.4. The zero-order valence-electron chi connectivity index (χ0n) is 25.7. The summed E-state index contributed by atoms with van der Waals surface area (Å²) in [7, 11) is 0. The summed E-state index contributed by atoms with van der Waals surface area (Å²) in [5.74, 6) is 0. The summed E-state index contributed by atoms with van der Waals surface area (Å²) < 4.78 is 7.67. The van der Waals surface area contributed by atoms with Crippen LogP contribution in [-0.4, -0.2) is 4.57 Å². The van der Waals surface area contributed by atoms with E-state index in [2.05, 4.69) is 167 Å². The largest absolute Gasteiger partial charge is 0.309 e. The maximum absolute atomic E-state index is 2.53. The van der Waals surface area contributed by atoms with Gasteiger partial charge in [-0.2, -0.15) is 0 Å². The van der Waals surface area contributed by atoms with Crippen LogP contribution in [0.5, 0.6) is 0 Å². The summed E-state index contributed by atoms with van der Waals surface area (Å²) in [6.45, 7) is 0. The van der Waals surface area contributed by atoms with Crippen molar-refractivity contribution in [3.05, 3.63) is 158 Å². The molecule has 48 heavy (non-hydrogen) atoms. The molecule has 224 valence electrons. The minimum Gasteiger partial charge on any atom is -0.309 e. The standard InChI is InChI=1S/C44H26N2S2/c1-2-12-29(13-3-1)45-35-18-8-11-27-23-24-28-25-30(26-38(45)42(28)41(27)35)46(36-19-9-16-33-31-14-4-6-21-39(31)47-43(33)36)37-20-10-17-34-32-15-5-7-22-40(32)48-44(34)37/h1-26H. The van der Waals surface area contributed by atoms with Gasteiger partial charge in [-0.05, 0) is 65.4 Å². The van der Waals surface area contributed by atoms with Gasteiger partial charge in [-0.1, -0.05) is 103 Å². The third-order valence-electron chi connectivity index (χ3n) is 9.90. The molecule has 3 heterocycles. The maximum Gasteiger partial charge on any atom is 0.0640 e. The van der Waals surface area contributed by atoms with Gasteiger partial charge in [0, 0.05) is 53.1 Å². The number of nitrogens with zero attached hydrogens (tertiary/aromatic N) is 2. The highest BCUT2D eigenvalue weighted by molar-refractivity contribution is 7.27. The van der Waals surface area contributed by atoms with Crippen LogP contribution in [0.25, 0.3) is 78.6 Å². The Bertz CT molecular complexity index is 2900. The molecular formula is C44H26N2S2. The minimum absolute atomic E-state index is 1.15. The van der Waals surface area contributed by atoms with E-state index in [0.29, 0.717) is 0 Å². The molecule has 0 aliphatic rings. The first-order valence-corrected chi connectivity index (χ1v) is 17.9. The highest BCUT2D eigenvalue weighted by Gasteiger charge is 2.24. The topological polar surface area (TPSA) is 8.17 Å². The average Bonchev–Trinajstić information content (AvgIpc) is 3.82. The van der Waals surface area contributed by atoms with Crippen molar-refractivity contribution in [1.29, 1.82) is 0 Å². The zero-order chi connectivity index (χ0) is 31.3. The Balaban J connectivity index is 1.29. The second-order valence-corrected chi connectivity index (χ2v) is 14.6. The van der Waals surface area contributed by atoms with E-state index in [1.54, 1.807) is 0 Å². The van der Waals surface area contributed by atoms with E-state index < -0.39 is 0 Å². The summed E-state index contributed by atoms with van der Waals surface area (Å²) in [5.41, 5.74) is 7.18. The van der Waals surface area contributed by atoms with Crippen LogP contribution in [0.1, 0.15) is 0 Å². The summed E-state index contributed by atoms with van der Waals surface area (Å²) in [6, 6.07) is 58.1. The number of hydrogen-bond acceptors (Lipinski definition) is 3. The predicted octanol–water partition coefficient (Wildman–Crippen LogP) is 13.6. The highest BCUT2D eigenvalue weighted by atomic mass is 32.1. The number of para-hydroxylation sites is 1. The molecule has 0 atom stereocenters. The molecule has 0 spiro atoms. The van der Waals surface area contributed by atoms with Crippen molar-refractivity contribution >= 4 is 113 Å². The molecule has 3 aromatic heterocycles. The Morgan fingerprint density at radius 2 is 0.979 bits per heavy atom. The Labute approximate surface area is 284 Å². The molecule has 0 bridgehead atoms. The van der Waals surface area contributed by atoms with Crippen molar-refractivity contribution in [3.8, 4) is 5.69 Å². The first-order chi connectivity index (χ1) is 23.8. The van der Waals surface area contributed by atoms with E-state index in [9.17, 15) is 0 Å². The van der Waals surface area contributed by atoms with Gasteiger partial charge in [0.25, 0.3) is 0 Å². The molecule has 0 amide bonds. The molecule has 0 saturated heterocycles. The fourth-order valence-electron chi connectivity index (χ4n) is 7.89. The van der Waals surface area contributed by atoms with Gasteiger partial charge in [-0.25, -0.2) is 0 Å². The van der Waals surface area contributed by atoms with Gasteiger partial charge in [0.15, 0.2) is 0 Å². The Hall–Kier alpha value is -5.68. The van der Waals surface area contributed by atoms with Crippen LogP contribution < -0.4 is 4.90 Å². The van der Waals surface area contributed by atoms with E-state index in [1.165, 1.54) is 90.0 Å². The number of aromatic nitrogens is 1. The van der Waals surface area contributed by atoms with Crippen LogP contribution in [0, 0.1) is 0 Å². The average molecular weight is 647 g/mol. The molecule has 2 nitrogen and oxygen atoms in total. The monoisotopic (exact) mass is 646 g/mol.